The molecule has 0 N–H and O–H groups in total. The van der Waals surface area contributed by atoms with Gasteiger partial charge in [0.2, 0.25) is 18.3 Å². The second kappa shape index (κ2) is 6.74. The third kappa shape index (κ3) is 2.89. The second-order valence-corrected chi connectivity index (χ2v) is 6.02. The normalized spacial score (nSPS) is 17.7. The van der Waals surface area contributed by atoms with Crippen molar-refractivity contribution in [1.29, 1.82) is 0 Å². The van der Waals surface area contributed by atoms with Crippen molar-refractivity contribution in [3.05, 3.63) is 47.3 Å². The third-order valence-corrected chi connectivity index (χ3v) is 4.42. The molecule has 6 nitrogen and oxygen atoms in total. The minimum absolute atomic E-state index is 0.149. The fraction of sp³-hybridized carbons (Fsp3) is 0.316. The Morgan fingerprint density at radius 2 is 1.88 bits per heavy atom. The summed E-state index contributed by atoms with van der Waals surface area (Å²) in [6.45, 7) is 0.149. The van der Waals surface area contributed by atoms with Gasteiger partial charge in [-0.3, -0.25) is 0 Å². The monoisotopic (exact) mass is 359 g/mol. The van der Waals surface area contributed by atoms with Crippen molar-refractivity contribution in [2.75, 3.05) is 21.0 Å². The van der Waals surface area contributed by atoms with E-state index >= 15 is 0 Å². The zero-order valence-electron chi connectivity index (χ0n) is 14.5. The lowest BCUT2D eigenvalue weighted by Crippen LogP contribution is -2.13. The Bertz CT molecular complexity index is 850. The van der Waals surface area contributed by atoms with E-state index in [1.165, 1.54) is 12.1 Å². The van der Waals surface area contributed by atoms with Crippen LogP contribution >= 0.6 is 0 Å². The molecule has 0 amide bonds. The van der Waals surface area contributed by atoms with Crippen LogP contribution in [0.25, 0.3) is 0 Å². The number of ether oxygens (including phenoxy) is 4. The second-order valence-electron chi connectivity index (χ2n) is 6.02. The van der Waals surface area contributed by atoms with Crippen molar-refractivity contribution in [1.82, 2.24) is 0 Å². The Morgan fingerprint density at radius 1 is 1.12 bits per heavy atom. The summed E-state index contributed by atoms with van der Waals surface area (Å²) >= 11 is 0. The van der Waals surface area contributed by atoms with Gasteiger partial charge in [0.15, 0.2) is 11.5 Å². The molecule has 2 aromatic carbocycles. The van der Waals surface area contributed by atoms with Crippen molar-refractivity contribution >= 4 is 5.71 Å². The average molecular weight is 359 g/mol. The number of nitrogens with zero attached hydrogens (tertiary/aromatic N) is 1. The number of hydrogen-bond acceptors (Lipinski definition) is 6. The molecule has 0 fully saturated rings. The molecule has 4 rings (SSSR count). The molecule has 0 spiro atoms. The summed E-state index contributed by atoms with van der Waals surface area (Å²) in [4.78, 5) is 5.57. The highest BCUT2D eigenvalue weighted by molar-refractivity contribution is 6.01. The number of fused-ring (bicyclic) bond motifs is 1. The summed E-state index contributed by atoms with van der Waals surface area (Å²) in [5.74, 6) is 1.99. The van der Waals surface area contributed by atoms with Crippen LogP contribution < -0.4 is 18.9 Å². The highest BCUT2D eigenvalue weighted by Gasteiger charge is 2.29. The summed E-state index contributed by atoms with van der Waals surface area (Å²) < 4.78 is 35.0. The van der Waals surface area contributed by atoms with E-state index in [0.717, 1.165) is 16.8 Å². The van der Waals surface area contributed by atoms with Crippen molar-refractivity contribution < 1.29 is 28.2 Å². The van der Waals surface area contributed by atoms with Gasteiger partial charge in [-0.15, -0.1) is 0 Å². The number of halogens is 1. The number of benzene rings is 2. The molecule has 2 aliphatic rings. The number of oxime groups is 1. The molecule has 0 saturated carbocycles. The van der Waals surface area contributed by atoms with Crippen LogP contribution in [0.2, 0.25) is 0 Å². The van der Waals surface area contributed by atoms with E-state index in [4.69, 9.17) is 23.8 Å². The molecule has 2 aliphatic heterocycles. The molecule has 2 heterocycles. The zero-order valence-corrected chi connectivity index (χ0v) is 14.5. The van der Waals surface area contributed by atoms with Gasteiger partial charge in [0.25, 0.3) is 0 Å². The zero-order chi connectivity index (χ0) is 18.1. The lowest BCUT2D eigenvalue weighted by Gasteiger charge is -2.16. The Morgan fingerprint density at radius 3 is 2.62 bits per heavy atom. The first-order valence-electron chi connectivity index (χ1n) is 8.21. The maximum atomic E-state index is 13.1. The third-order valence-electron chi connectivity index (χ3n) is 4.42. The van der Waals surface area contributed by atoms with Crippen LogP contribution in [0.1, 0.15) is 17.5 Å². The minimum Gasteiger partial charge on any atom is -0.492 e. The predicted octanol–water partition coefficient (Wildman–Crippen LogP) is 3.31. The molecule has 1 atom stereocenters. The predicted molar refractivity (Wildman–Crippen MR) is 91.8 cm³/mol. The van der Waals surface area contributed by atoms with E-state index < -0.39 is 0 Å². The van der Waals surface area contributed by atoms with Crippen LogP contribution in [0, 0.1) is 5.82 Å². The molecular weight excluding hydrogens is 341 g/mol. The van der Waals surface area contributed by atoms with Crippen molar-refractivity contribution in [3.63, 3.8) is 0 Å². The number of hydrogen-bond donors (Lipinski definition) is 0. The summed E-state index contributed by atoms with van der Waals surface area (Å²) in [6, 6.07) is 8.10. The topological polar surface area (TPSA) is 58.5 Å². The first-order valence-corrected chi connectivity index (χ1v) is 8.21. The van der Waals surface area contributed by atoms with E-state index in [1.54, 1.807) is 26.4 Å². The molecule has 7 heteroatoms. The summed E-state index contributed by atoms with van der Waals surface area (Å²) in [5.41, 5.74) is 2.53. The smallest absolute Gasteiger partial charge is 0.231 e. The number of rotatable bonds is 5. The van der Waals surface area contributed by atoms with Crippen LogP contribution in [-0.2, 0) is 11.3 Å². The largest absolute Gasteiger partial charge is 0.492 e. The fourth-order valence-electron chi connectivity index (χ4n) is 3.20. The molecule has 0 saturated heterocycles. The quantitative estimate of drug-likeness (QED) is 0.820. The van der Waals surface area contributed by atoms with Crippen LogP contribution in [0.5, 0.6) is 23.0 Å². The van der Waals surface area contributed by atoms with Crippen molar-refractivity contribution in [2.45, 2.75) is 18.9 Å². The van der Waals surface area contributed by atoms with Gasteiger partial charge in [0.05, 0.1) is 19.9 Å². The molecule has 0 aromatic heterocycles. The van der Waals surface area contributed by atoms with Gasteiger partial charge < -0.3 is 23.8 Å². The van der Waals surface area contributed by atoms with E-state index in [1.807, 2.05) is 6.07 Å². The van der Waals surface area contributed by atoms with Crippen LogP contribution in [0.3, 0.4) is 0 Å². The van der Waals surface area contributed by atoms with E-state index in [0.29, 0.717) is 35.8 Å². The first kappa shape index (κ1) is 16.5. The average Bonchev–Trinajstić information content (AvgIpc) is 3.30. The van der Waals surface area contributed by atoms with Gasteiger partial charge in [0.1, 0.15) is 11.9 Å². The van der Waals surface area contributed by atoms with E-state index in [-0.39, 0.29) is 18.7 Å². The standard InChI is InChI=1S/C19H18FNO5/c1-22-17-12(8-16-18(19(17)23-2)25-10-24-16)7-14-9-15(21-26-14)11-3-5-13(20)6-4-11/h3-6,8,14H,7,9-10H2,1-2H3. The SMILES string of the molecule is COc1c(CC2CC(c3ccc(F)cc3)=NO2)cc2c(c1OC)OCO2. The van der Waals surface area contributed by atoms with E-state index in [9.17, 15) is 4.39 Å². The Balaban J connectivity index is 1.54. The van der Waals surface area contributed by atoms with E-state index in [2.05, 4.69) is 5.16 Å². The molecule has 0 bridgehead atoms. The molecule has 2 aromatic rings. The Hall–Kier alpha value is -2.96. The highest BCUT2D eigenvalue weighted by atomic mass is 19.1. The summed E-state index contributed by atoms with van der Waals surface area (Å²) in [5, 5.41) is 4.15. The highest BCUT2D eigenvalue weighted by Crippen LogP contribution is 2.49. The lowest BCUT2D eigenvalue weighted by atomic mass is 9.99. The summed E-state index contributed by atoms with van der Waals surface area (Å²) in [6.07, 6.45) is 1.02. The van der Waals surface area contributed by atoms with Crippen molar-refractivity contribution in [3.8, 4) is 23.0 Å². The minimum atomic E-state index is -0.276. The van der Waals surface area contributed by atoms with Gasteiger partial charge in [-0.05, 0) is 23.8 Å². The fourth-order valence-corrected chi connectivity index (χ4v) is 3.20. The Kier molecular flexibility index (Phi) is 4.28. The van der Waals surface area contributed by atoms with Crippen LogP contribution in [0.4, 0.5) is 4.39 Å². The molecule has 0 aliphatic carbocycles. The lowest BCUT2D eigenvalue weighted by molar-refractivity contribution is 0.0853. The molecule has 0 radical (unpaired) electrons. The van der Waals surface area contributed by atoms with Gasteiger partial charge in [-0.1, -0.05) is 17.3 Å². The van der Waals surface area contributed by atoms with Crippen LogP contribution in [-0.4, -0.2) is 32.8 Å². The van der Waals surface area contributed by atoms with Gasteiger partial charge in [-0.2, -0.15) is 0 Å². The van der Waals surface area contributed by atoms with Gasteiger partial charge >= 0.3 is 0 Å². The molecular formula is C19H18FNO5. The van der Waals surface area contributed by atoms with Gasteiger partial charge in [0, 0.05) is 18.4 Å². The Labute approximate surface area is 150 Å². The van der Waals surface area contributed by atoms with Crippen LogP contribution in [0.15, 0.2) is 35.5 Å². The number of methoxy groups -OCH3 is 2. The van der Waals surface area contributed by atoms with Gasteiger partial charge in [-0.25, -0.2) is 4.39 Å². The van der Waals surface area contributed by atoms with Crippen molar-refractivity contribution in [2.24, 2.45) is 5.16 Å². The first-order chi connectivity index (χ1) is 12.7. The summed E-state index contributed by atoms with van der Waals surface area (Å²) in [7, 11) is 3.14. The molecule has 1 unspecified atom stereocenters. The molecule has 26 heavy (non-hydrogen) atoms. The maximum absolute atomic E-state index is 13.1. The maximum Gasteiger partial charge on any atom is 0.231 e. The molecule has 136 valence electrons.